The SMILES string of the molecule is CCCCC[C@H]1CC[C@H]([C@H]2CC[C@H](C(=O)Oc3ccc(N4CCN(c5cc6c7c(c8c(c6cc5OC)OC(c5ccc(OC)cc5)(c5ccc(OC)cc5)C=C8)C(O)(C(F)(F)F)c5ccccc5-7)CC4)cc3)CC2)CC1. The van der Waals surface area contributed by atoms with Crippen LogP contribution >= 0.6 is 0 Å². The molecule has 9 nitrogen and oxygen atoms in total. The molecule has 5 aliphatic rings. The smallest absolute Gasteiger partial charge is 0.425 e. The van der Waals surface area contributed by atoms with Crippen LogP contribution in [0.4, 0.5) is 24.5 Å². The van der Waals surface area contributed by atoms with Crippen LogP contribution in [0.5, 0.6) is 28.7 Å². The Morgan fingerprint density at radius 1 is 0.697 bits per heavy atom. The predicted molar refractivity (Wildman–Crippen MR) is 293 cm³/mol. The van der Waals surface area contributed by atoms with Gasteiger partial charge in [0.25, 0.3) is 0 Å². The first kappa shape index (κ1) is 51.4. The number of methoxy groups -OCH3 is 3. The maximum Gasteiger partial charge on any atom is 0.425 e. The quantitative estimate of drug-likeness (QED) is 0.0651. The Kier molecular flexibility index (Phi) is 14.2. The van der Waals surface area contributed by atoms with Gasteiger partial charge in [0, 0.05) is 65.1 Å². The molecule has 0 amide bonds. The Bertz CT molecular complexity index is 3030. The first-order valence-corrected chi connectivity index (χ1v) is 27.5. The molecule has 1 saturated heterocycles. The van der Waals surface area contributed by atoms with Gasteiger partial charge in [0.05, 0.1) is 32.9 Å². The van der Waals surface area contributed by atoms with Crippen LogP contribution < -0.4 is 33.5 Å². The van der Waals surface area contributed by atoms with Crippen LogP contribution in [0.2, 0.25) is 0 Å². The van der Waals surface area contributed by atoms with Crippen LogP contribution in [-0.4, -0.2) is 64.8 Å². The molecule has 6 aromatic rings. The molecule has 398 valence electrons. The van der Waals surface area contributed by atoms with Gasteiger partial charge in [-0.25, -0.2) is 0 Å². The second-order valence-electron chi connectivity index (χ2n) is 21.7. The van der Waals surface area contributed by atoms with Crippen LogP contribution in [0.1, 0.15) is 112 Å². The van der Waals surface area contributed by atoms with E-state index in [4.69, 9.17) is 23.7 Å². The molecule has 6 aromatic carbocycles. The van der Waals surface area contributed by atoms with Gasteiger partial charge in [-0.3, -0.25) is 4.79 Å². The number of halogens is 3. The van der Waals surface area contributed by atoms with Crippen molar-refractivity contribution < 1.29 is 46.8 Å². The number of hydrogen-bond donors (Lipinski definition) is 1. The van der Waals surface area contributed by atoms with Crippen molar-refractivity contribution in [3.8, 4) is 39.9 Å². The zero-order chi connectivity index (χ0) is 52.8. The van der Waals surface area contributed by atoms with Crippen molar-refractivity contribution in [2.45, 2.75) is 101 Å². The van der Waals surface area contributed by atoms with E-state index >= 15 is 13.2 Å². The molecule has 2 saturated carbocycles. The number of nitrogens with zero attached hydrogens (tertiary/aromatic N) is 2. The number of piperazine rings is 1. The highest BCUT2D eigenvalue weighted by Gasteiger charge is 2.63. The number of hydrogen-bond acceptors (Lipinski definition) is 9. The lowest BCUT2D eigenvalue weighted by atomic mass is 9.68. The molecule has 1 atom stereocenters. The van der Waals surface area contributed by atoms with Crippen LogP contribution in [0.3, 0.4) is 0 Å². The fourth-order valence-electron chi connectivity index (χ4n) is 13.4. The Morgan fingerprint density at radius 3 is 1.88 bits per heavy atom. The van der Waals surface area contributed by atoms with E-state index in [0.29, 0.717) is 87.9 Å². The van der Waals surface area contributed by atoms with E-state index in [2.05, 4.69) is 16.7 Å². The summed E-state index contributed by atoms with van der Waals surface area (Å²) in [6.07, 6.45) is 13.2. The average molecular weight is 1040 g/mol. The molecule has 0 aromatic heterocycles. The van der Waals surface area contributed by atoms with Crippen LogP contribution in [0, 0.1) is 23.7 Å². The Hall–Kier alpha value is -6.66. The van der Waals surface area contributed by atoms with Crippen molar-refractivity contribution in [2.75, 3.05) is 57.3 Å². The number of rotatable bonds is 14. The summed E-state index contributed by atoms with van der Waals surface area (Å²) in [6, 6.07) is 32.6. The zero-order valence-corrected chi connectivity index (χ0v) is 44.1. The third-order valence-corrected chi connectivity index (χ3v) is 17.7. The maximum atomic E-state index is 15.8. The molecule has 1 unspecified atom stereocenters. The van der Waals surface area contributed by atoms with Gasteiger partial charge in [0.2, 0.25) is 5.60 Å². The summed E-state index contributed by atoms with van der Waals surface area (Å²) >= 11 is 0. The number of benzene rings is 6. The molecule has 11 rings (SSSR count). The molecule has 3 fully saturated rings. The number of fused-ring (bicyclic) bond motifs is 8. The van der Waals surface area contributed by atoms with Gasteiger partial charge in [-0.1, -0.05) is 100 Å². The number of aliphatic hydroxyl groups is 1. The second-order valence-corrected chi connectivity index (χ2v) is 21.7. The Labute approximate surface area is 444 Å². The number of esters is 1. The lowest BCUT2D eigenvalue weighted by Gasteiger charge is -2.39. The molecule has 0 radical (unpaired) electrons. The fourth-order valence-corrected chi connectivity index (χ4v) is 13.4. The summed E-state index contributed by atoms with van der Waals surface area (Å²) in [4.78, 5) is 17.9. The highest BCUT2D eigenvalue weighted by atomic mass is 19.4. The first-order valence-electron chi connectivity index (χ1n) is 27.5. The Morgan fingerprint density at radius 2 is 1.29 bits per heavy atom. The number of unbranched alkanes of at least 4 members (excludes halogenated alkanes) is 2. The van der Waals surface area contributed by atoms with Crippen molar-refractivity contribution in [1.82, 2.24) is 0 Å². The van der Waals surface area contributed by atoms with E-state index in [1.807, 2.05) is 84.9 Å². The summed E-state index contributed by atoms with van der Waals surface area (Å²) in [5, 5.41) is 13.4. The topological polar surface area (TPSA) is 89.9 Å². The number of ether oxygens (including phenoxy) is 5. The molecule has 76 heavy (non-hydrogen) atoms. The van der Waals surface area contributed by atoms with Gasteiger partial charge in [-0.2, -0.15) is 13.2 Å². The lowest BCUT2D eigenvalue weighted by molar-refractivity contribution is -0.246. The average Bonchev–Trinajstić information content (AvgIpc) is 3.86. The lowest BCUT2D eigenvalue weighted by Crippen LogP contribution is -2.46. The molecular weight excluding hydrogens is 966 g/mol. The maximum absolute atomic E-state index is 15.8. The van der Waals surface area contributed by atoms with Gasteiger partial charge in [0.1, 0.15) is 28.7 Å². The zero-order valence-electron chi connectivity index (χ0n) is 44.1. The van der Waals surface area contributed by atoms with Gasteiger partial charge in [0.15, 0.2) is 5.60 Å². The monoisotopic (exact) mass is 1030 g/mol. The highest BCUT2D eigenvalue weighted by molar-refractivity contribution is 6.10. The first-order chi connectivity index (χ1) is 36.9. The third-order valence-electron chi connectivity index (χ3n) is 17.7. The van der Waals surface area contributed by atoms with Gasteiger partial charge in [-0.05, 0) is 140 Å². The molecule has 1 N–H and O–H groups in total. The van der Waals surface area contributed by atoms with Crippen molar-refractivity contribution in [2.24, 2.45) is 23.7 Å². The summed E-state index contributed by atoms with van der Waals surface area (Å²) in [6.45, 7) is 4.72. The van der Waals surface area contributed by atoms with E-state index in [9.17, 15) is 9.90 Å². The van der Waals surface area contributed by atoms with E-state index in [1.165, 1.54) is 63.5 Å². The number of alkyl halides is 3. The van der Waals surface area contributed by atoms with E-state index in [1.54, 1.807) is 45.6 Å². The molecule has 2 heterocycles. The largest absolute Gasteiger partial charge is 0.497 e. The van der Waals surface area contributed by atoms with Gasteiger partial charge < -0.3 is 38.6 Å². The standard InChI is InChI=1S/C64H69F3N2O7/c1-5-6-7-10-41-13-15-42(16-14-41)43-17-19-44(20-18-43)61(70)75-50-31-25-47(26-32-50)68-35-37-69(38-36-68)56-39-53-54(40-57(56)74-4)60-52(59-58(53)51-11-8-9-12-55(51)63(59,71)64(65,66)67)33-34-62(76-60,45-21-27-48(72-2)28-22-45)46-23-29-49(73-3)30-24-46/h8-9,11-12,21-34,39-44,71H,5-7,10,13-20,35-38H2,1-4H3/t41-,42-,43-,44-,63?. The van der Waals surface area contributed by atoms with Crippen molar-refractivity contribution in [3.05, 3.63) is 143 Å². The number of anilines is 2. The van der Waals surface area contributed by atoms with Gasteiger partial charge >= 0.3 is 12.1 Å². The minimum absolute atomic E-state index is 0.0600. The molecule has 0 spiro atoms. The molecule has 2 aliphatic heterocycles. The summed E-state index contributed by atoms with van der Waals surface area (Å²) in [5.74, 6) is 4.77. The molecule has 0 bridgehead atoms. The third kappa shape index (κ3) is 9.21. The predicted octanol–water partition coefficient (Wildman–Crippen LogP) is 14.4. The van der Waals surface area contributed by atoms with Crippen molar-refractivity contribution >= 4 is 34.2 Å². The van der Waals surface area contributed by atoms with Crippen molar-refractivity contribution in [3.63, 3.8) is 0 Å². The van der Waals surface area contributed by atoms with Crippen LogP contribution in [-0.2, 0) is 16.0 Å². The molecular formula is C64H69F3N2O7. The van der Waals surface area contributed by atoms with E-state index < -0.39 is 17.4 Å². The van der Waals surface area contributed by atoms with Crippen LogP contribution in [0.25, 0.3) is 28.0 Å². The minimum atomic E-state index is -5.10. The number of carbonyl (C=O) groups is 1. The number of carbonyl (C=O) groups excluding carboxylic acids is 1. The second kappa shape index (κ2) is 21.0. The summed E-state index contributed by atoms with van der Waals surface area (Å²) < 4.78 is 77.9. The van der Waals surface area contributed by atoms with Crippen molar-refractivity contribution in [1.29, 1.82) is 0 Å². The minimum Gasteiger partial charge on any atom is -0.497 e. The Balaban J connectivity index is 0.853. The van der Waals surface area contributed by atoms with Crippen LogP contribution in [0.15, 0.2) is 115 Å². The summed E-state index contributed by atoms with van der Waals surface area (Å²) in [5.41, 5.74) is -1.37. The molecule has 3 aliphatic carbocycles. The normalized spacial score (nSPS) is 22.8. The van der Waals surface area contributed by atoms with E-state index in [0.717, 1.165) is 49.1 Å². The fraction of sp³-hybridized carbons (Fsp3) is 0.422. The molecule has 12 heteroatoms. The summed E-state index contributed by atoms with van der Waals surface area (Å²) in [7, 11) is 4.76. The van der Waals surface area contributed by atoms with Gasteiger partial charge in [-0.15, -0.1) is 0 Å². The highest BCUT2D eigenvalue weighted by Crippen LogP contribution is 2.62. The van der Waals surface area contributed by atoms with E-state index in [-0.39, 0.29) is 34.3 Å².